The second-order valence-electron chi connectivity index (χ2n) is 5.41. The first-order valence-electron chi connectivity index (χ1n) is 6.36. The van der Waals surface area contributed by atoms with Crippen LogP contribution in [0, 0.1) is 6.92 Å². The summed E-state index contributed by atoms with van der Waals surface area (Å²) < 4.78 is 0. The molecule has 0 radical (unpaired) electrons. The number of aryl methyl sites for hydroxylation is 1. The fraction of sp³-hybridized carbons (Fsp3) is 0.692. The lowest BCUT2D eigenvalue weighted by atomic mass is 9.90. The van der Waals surface area contributed by atoms with Crippen molar-refractivity contribution in [2.75, 3.05) is 7.05 Å². The van der Waals surface area contributed by atoms with Gasteiger partial charge in [0.2, 0.25) is 0 Å². The van der Waals surface area contributed by atoms with E-state index in [1.165, 1.54) is 25.7 Å². The van der Waals surface area contributed by atoms with E-state index in [-0.39, 0.29) is 0 Å². The highest BCUT2D eigenvalue weighted by Gasteiger charge is 2.39. The summed E-state index contributed by atoms with van der Waals surface area (Å²) in [5, 5.41) is 0.582. The Morgan fingerprint density at radius 2 is 1.88 bits per heavy atom. The van der Waals surface area contributed by atoms with Crippen molar-refractivity contribution in [3.63, 3.8) is 0 Å². The van der Waals surface area contributed by atoms with Gasteiger partial charge in [0.05, 0.1) is 0 Å². The van der Waals surface area contributed by atoms with Crippen LogP contribution in [-0.2, 0) is 0 Å². The smallest absolute Gasteiger partial charge is 0.133 e. The predicted molar refractivity (Wildman–Crippen MR) is 68.3 cm³/mol. The fourth-order valence-corrected chi connectivity index (χ4v) is 3.60. The molecule has 0 N–H and O–H groups in total. The molecule has 2 saturated heterocycles. The Balaban J connectivity index is 1.86. The number of aromatic nitrogens is 2. The molecule has 4 heteroatoms. The van der Waals surface area contributed by atoms with Gasteiger partial charge in [-0.1, -0.05) is 11.6 Å². The van der Waals surface area contributed by atoms with Crippen LogP contribution in [0.25, 0.3) is 0 Å². The first-order chi connectivity index (χ1) is 8.13. The topological polar surface area (TPSA) is 29.0 Å². The second-order valence-corrected chi connectivity index (χ2v) is 5.80. The van der Waals surface area contributed by atoms with E-state index in [1.54, 1.807) is 0 Å². The molecule has 3 heterocycles. The fourth-order valence-electron chi connectivity index (χ4n) is 3.36. The van der Waals surface area contributed by atoms with Gasteiger partial charge in [0.15, 0.2) is 0 Å². The summed E-state index contributed by atoms with van der Waals surface area (Å²) in [6.07, 6.45) is 5.04. The summed E-state index contributed by atoms with van der Waals surface area (Å²) in [5.41, 5.74) is 0.978. The Morgan fingerprint density at radius 1 is 1.24 bits per heavy atom. The van der Waals surface area contributed by atoms with Gasteiger partial charge < -0.3 is 4.90 Å². The Morgan fingerprint density at radius 3 is 2.47 bits per heavy atom. The van der Waals surface area contributed by atoms with Crippen LogP contribution in [0.2, 0.25) is 5.15 Å². The van der Waals surface area contributed by atoms with Crippen LogP contribution >= 0.6 is 11.6 Å². The summed E-state index contributed by atoms with van der Waals surface area (Å²) in [6.45, 7) is 1.99. The zero-order valence-electron chi connectivity index (χ0n) is 10.4. The van der Waals surface area contributed by atoms with Crippen molar-refractivity contribution in [1.82, 2.24) is 14.9 Å². The lowest BCUT2D eigenvalue weighted by Crippen LogP contribution is -2.39. The van der Waals surface area contributed by atoms with Crippen molar-refractivity contribution in [2.24, 2.45) is 0 Å². The third-order valence-electron chi connectivity index (χ3n) is 4.30. The van der Waals surface area contributed by atoms with Gasteiger partial charge in [0.25, 0.3) is 0 Å². The van der Waals surface area contributed by atoms with Gasteiger partial charge in [-0.2, -0.15) is 0 Å². The molecule has 0 aromatic carbocycles. The highest BCUT2D eigenvalue weighted by molar-refractivity contribution is 6.29. The predicted octanol–water partition coefficient (Wildman–Crippen LogP) is 2.78. The molecule has 0 spiro atoms. The van der Waals surface area contributed by atoms with Gasteiger partial charge in [0, 0.05) is 23.7 Å². The number of fused-ring (bicyclic) bond motifs is 2. The Kier molecular flexibility index (Phi) is 2.83. The van der Waals surface area contributed by atoms with Crippen LogP contribution < -0.4 is 0 Å². The first kappa shape index (κ1) is 11.4. The lowest BCUT2D eigenvalue weighted by molar-refractivity contribution is 0.159. The van der Waals surface area contributed by atoms with Crippen molar-refractivity contribution < 1.29 is 0 Å². The van der Waals surface area contributed by atoms with Crippen LogP contribution in [0.15, 0.2) is 6.07 Å². The van der Waals surface area contributed by atoms with E-state index in [0.29, 0.717) is 11.1 Å². The summed E-state index contributed by atoms with van der Waals surface area (Å²) in [7, 11) is 2.25. The SMILES string of the molecule is Cc1cc(Cl)nc(C2CC3CCC(C2)N3C)n1. The maximum absolute atomic E-state index is 6.02. The van der Waals surface area contributed by atoms with Gasteiger partial charge in [-0.15, -0.1) is 0 Å². The van der Waals surface area contributed by atoms with Gasteiger partial charge in [-0.25, -0.2) is 9.97 Å². The number of rotatable bonds is 1. The minimum Gasteiger partial charge on any atom is -0.300 e. The van der Waals surface area contributed by atoms with Gasteiger partial charge in [-0.05, 0) is 45.7 Å². The molecule has 2 atom stereocenters. The van der Waals surface area contributed by atoms with Crippen molar-refractivity contribution >= 4 is 11.6 Å². The normalized spacial score (nSPS) is 33.0. The van der Waals surface area contributed by atoms with Crippen molar-refractivity contribution in [2.45, 2.75) is 50.6 Å². The quantitative estimate of drug-likeness (QED) is 0.719. The van der Waals surface area contributed by atoms with Gasteiger partial charge in [0.1, 0.15) is 11.0 Å². The van der Waals surface area contributed by atoms with Crippen LogP contribution in [0.4, 0.5) is 0 Å². The molecular weight excluding hydrogens is 234 g/mol. The molecular formula is C13H18ClN3. The Hall–Kier alpha value is -0.670. The van der Waals surface area contributed by atoms with E-state index in [2.05, 4.69) is 21.9 Å². The standard InChI is InChI=1S/C13H18ClN3/c1-8-5-12(14)16-13(15-8)9-6-10-3-4-11(7-9)17(10)2/h5,9-11H,3-4,6-7H2,1-2H3. The zero-order chi connectivity index (χ0) is 12.0. The summed E-state index contributed by atoms with van der Waals surface area (Å²) in [5.74, 6) is 1.46. The van der Waals surface area contributed by atoms with Gasteiger partial charge in [-0.3, -0.25) is 0 Å². The molecule has 0 aliphatic carbocycles. The van der Waals surface area contributed by atoms with Crippen molar-refractivity contribution in [3.05, 3.63) is 22.7 Å². The molecule has 2 unspecified atom stereocenters. The van der Waals surface area contributed by atoms with E-state index < -0.39 is 0 Å². The molecule has 0 amide bonds. The van der Waals surface area contributed by atoms with E-state index in [4.69, 9.17) is 11.6 Å². The minimum atomic E-state index is 0.501. The monoisotopic (exact) mass is 251 g/mol. The molecule has 2 aliphatic rings. The first-order valence-corrected chi connectivity index (χ1v) is 6.74. The summed E-state index contributed by atoms with van der Waals surface area (Å²) in [4.78, 5) is 11.5. The minimum absolute atomic E-state index is 0.501. The molecule has 3 nitrogen and oxygen atoms in total. The third kappa shape index (κ3) is 2.06. The maximum Gasteiger partial charge on any atom is 0.133 e. The van der Waals surface area contributed by atoms with Crippen LogP contribution in [0.3, 0.4) is 0 Å². The van der Waals surface area contributed by atoms with Crippen LogP contribution in [0.1, 0.15) is 43.1 Å². The Labute approximate surface area is 107 Å². The molecule has 1 aromatic heterocycles. The average molecular weight is 252 g/mol. The highest BCUT2D eigenvalue weighted by Crippen LogP contribution is 2.41. The average Bonchev–Trinajstić information content (AvgIpc) is 2.51. The lowest BCUT2D eigenvalue weighted by Gasteiger charge is -2.35. The largest absolute Gasteiger partial charge is 0.300 e. The number of nitrogens with zero attached hydrogens (tertiary/aromatic N) is 3. The number of hydrogen-bond acceptors (Lipinski definition) is 3. The number of hydrogen-bond donors (Lipinski definition) is 0. The van der Waals surface area contributed by atoms with E-state index >= 15 is 0 Å². The highest BCUT2D eigenvalue weighted by atomic mass is 35.5. The summed E-state index contributed by atoms with van der Waals surface area (Å²) >= 11 is 6.02. The molecule has 2 aliphatic heterocycles. The Bertz CT molecular complexity index is 400. The molecule has 92 valence electrons. The maximum atomic E-state index is 6.02. The molecule has 0 saturated carbocycles. The summed E-state index contributed by atoms with van der Waals surface area (Å²) in [6, 6.07) is 3.28. The van der Waals surface area contributed by atoms with Crippen molar-refractivity contribution in [1.29, 1.82) is 0 Å². The molecule has 2 fully saturated rings. The van der Waals surface area contributed by atoms with Crippen LogP contribution in [0.5, 0.6) is 0 Å². The van der Waals surface area contributed by atoms with Gasteiger partial charge >= 0.3 is 0 Å². The number of piperidine rings is 1. The van der Waals surface area contributed by atoms with Crippen LogP contribution in [-0.4, -0.2) is 34.0 Å². The molecule has 3 rings (SSSR count). The molecule has 2 bridgehead atoms. The third-order valence-corrected chi connectivity index (χ3v) is 4.50. The molecule has 1 aromatic rings. The number of halogens is 1. The zero-order valence-corrected chi connectivity index (χ0v) is 11.1. The van der Waals surface area contributed by atoms with E-state index in [1.807, 2.05) is 13.0 Å². The van der Waals surface area contributed by atoms with Crippen molar-refractivity contribution in [3.8, 4) is 0 Å². The molecule has 17 heavy (non-hydrogen) atoms. The second kappa shape index (κ2) is 4.21. The van der Waals surface area contributed by atoms with E-state index in [9.17, 15) is 0 Å². The van der Waals surface area contributed by atoms with E-state index in [0.717, 1.165) is 23.6 Å².